The van der Waals surface area contributed by atoms with Gasteiger partial charge in [-0.25, -0.2) is 4.39 Å². The lowest BCUT2D eigenvalue weighted by Gasteiger charge is -1.97. The van der Waals surface area contributed by atoms with Crippen molar-refractivity contribution in [3.8, 4) is 0 Å². The first kappa shape index (κ1) is 10.8. The summed E-state index contributed by atoms with van der Waals surface area (Å²) in [5.74, 6) is -0.486. The number of nitro groups is 1. The molecule has 0 unspecified atom stereocenters. The molecule has 0 aliphatic rings. The van der Waals surface area contributed by atoms with E-state index in [9.17, 15) is 14.5 Å². The molecule has 0 aliphatic heterocycles. The van der Waals surface area contributed by atoms with Crippen LogP contribution in [0.15, 0.2) is 28.4 Å². The van der Waals surface area contributed by atoms with Crippen molar-refractivity contribution in [2.45, 2.75) is 6.92 Å². The lowest BCUT2D eigenvalue weighted by Crippen LogP contribution is -1.94. The van der Waals surface area contributed by atoms with Crippen LogP contribution in [0, 0.1) is 15.9 Å². The van der Waals surface area contributed by atoms with E-state index >= 15 is 0 Å². The summed E-state index contributed by atoms with van der Waals surface area (Å²) in [5.41, 5.74) is 0.119. The number of benzene rings is 1. The van der Waals surface area contributed by atoms with Crippen LogP contribution < -0.4 is 0 Å². The van der Waals surface area contributed by atoms with Crippen LogP contribution in [0.5, 0.6) is 0 Å². The molecule has 1 rings (SSSR count). The van der Waals surface area contributed by atoms with Crippen LogP contribution in [0.4, 0.5) is 4.39 Å². The van der Waals surface area contributed by atoms with Gasteiger partial charge in [0.05, 0.1) is 4.92 Å². The van der Waals surface area contributed by atoms with Crippen LogP contribution in [0.1, 0.15) is 12.5 Å². The van der Waals surface area contributed by atoms with Crippen LogP contribution in [-0.4, -0.2) is 4.92 Å². The van der Waals surface area contributed by atoms with Gasteiger partial charge in [0.1, 0.15) is 5.82 Å². The maximum Gasteiger partial charge on any atom is 0.243 e. The Morgan fingerprint density at radius 2 is 2.29 bits per heavy atom. The Hall–Kier alpha value is -1.23. The molecule has 1 aromatic rings. The zero-order valence-electron chi connectivity index (χ0n) is 7.33. The second kappa shape index (κ2) is 4.32. The van der Waals surface area contributed by atoms with E-state index in [0.717, 1.165) is 0 Å². The number of allylic oxidation sites excluding steroid dienone is 1. The summed E-state index contributed by atoms with van der Waals surface area (Å²) in [7, 11) is 0. The van der Waals surface area contributed by atoms with Crippen molar-refractivity contribution in [2.75, 3.05) is 0 Å². The van der Waals surface area contributed by atoms with Crippen LogP contribution in [-0.2, 0) is 0 Å². The summed E-state index contributed by atoms with van der Waals surface area (Å²) in [6.45, 7) is 1.32. The van der Waals surface area contributed by atoms with E-state index in [1.165, 1.54) is 25.1 Å². The molecule has 0 aliphatic carbocycles. The predicted octanol–water partition coefficient (Wildman–Crippen LogP) is 3.23. The molecule has 0 heterocycles. The zero-order valence-corrected chi connectivity index (χ0v) is 8.92. The van der Waals surface area contributed by atoms with Gasteiger partial charge in [0.15, 0.2) is 0 Å². The third-order valence-electron chi connectivity index (χ3n) is 1.61. The van der Waals surface area contributed by atoms with Crippen LogP contribution >= 0.6 is 15.9 Å². The largest absolute Gasteiger partial charge is 0.259 e. The van der Waals surface area contributed by atoms with Gasteiger partial charge in [0.2, 0.25) is 5.70 Å². The average molecular weight is 260 g/mol. The molecule has 5 heteroatoms. The van der Waals surface area contributed by atoms with Gasteiger partial charge < -0.3 is 0 Å². The molecule has 0 bridgehead atoms. The Morgan fingerprint density at radius 1 is 1.64 bits per heavy atom. The van der Waals surface area contributed by atoms with Gasteiger partial charge in [0, 0.05) is 23.0 Å². The summed E-state index contributed by atoms with van der Waals surface area (Å²) < 4.78 is 13.8. The van der Waals surface area contributed by atoms with Crippen LogP contribution in [0.2, 0.25) is 0 Å². The Morgan fingerprint density at radius 3 is 2.79 bits per heavy atom. The standard InChI is InChI=1S/C9H7BrFNO2/c1-6(12(13)14)4-7-2-3-8(10)5-9(7)11/h2-5H,1H3. The van der Waals surface area contributed by atoms with E-state index in [0.29, 0.717) is 4.47 Å². The minimum atomic E-state index is -0.554. The fourth-order valence-electron chi connectivity index (χ4n) is 0.896. The maximum absolute atomic E-state index is 13.2. The topological polar surface area (TPSA) is 43.1 Å². The van der Waals surface area contributed by atoms with Crippen molar-refractivity contribution in [3.63, 3.8) is 0 Å². The molecule has 0 radical (unpaired) electrons. The van der Waals surface area contributed by atoms with Crippen molar-refractivity contribution in [1.82, 2.24) is 0 Å². The van der Waals surface area contributed by atoms with Crippen molar-refractivity contribution in [2.24, 2.45) is 0 Å². The summed E-state index contributed by atoms with van der Waals surface area (Å²) >= 11 is 3.10. The average Bonchev–Trinajstić information content (AvgIpc) is 2.09. The van der Waals surface area contributed by atoms with Gasteiger partial charge in [-0.2, -0.15) is 0 Å². The van der Waals surface area contributed by atoms with Gasteiger partial charge in [-0.1, -0.05) is 22.0 Å². The molecule has 0 fully saturated rings. The normalized spacial score (nSPS) is 11.5. The van der Waals surface area contributed by atoms with E-state index in [1.54, 1.807) is 6.07 Å². The predicted molar refractivity (Wildman–Crippen MR) is 54.7 cm³/mol. The van der Waals surface area contributed by atoms with E-state index in [1.807, 2.05) is 0 Å². The highest BCUT2D eigenvalue weighted by Gasteiger charge is 2.05. The van der Waals surface area contributed by atoms with Crippen molar-refractivity contribution in [3.05, 3.63) is 49.9 Å². The molecule has 0 spiro atoms. The highest BCUT2D eigenvalue weighted by molar-refractivity contribution is 9.10. The van der Waals surface area contributed by atoms with Crippen molar-refractivity contribution >= 4 is 22.0 Å². The van der Waals surface area contributed by atoms with Gasteiger partial charge in [-0.05, 0) is 12.1 Å². The number of halogens is 2. The number of hydrogen-bond donors (Lipinski definition) is 0. The van der Waals surface area contributed by atoms with Crippen LogP contribution in [0.25, 0.3) is 6.08 Å². The summed E-state index contributed by atoms with van der Waals surface area (Å²) in [5, 5.41) is 10.3. The van der Waals surface area contributed by atoms with Crippen molar-refractivity contribution < 1.29 is 9.31 Å². The van der Waals surface area contributed by atoms with Crippen molar-refractivity contribution in [1.29, 1.82) is 0 Å². The molecule has 0 amide bonds. The number of rotatable bonds is 2. The molecule has 1 aromatic carbocycles. The maximum atomic E-state index is 13.2. The van der Waals surface area contributed by atoms with Crippen LogP contribution in [0.3, 0.4) is 0 Å². The van der Waals surface area contributed by atoms with E-state index in [-0.39, 0.29) is 11.3 Å². The third-order valence-corrected chi connectivity index (χ3v) is 2.11. The summed E-state index contributed by atoms with van der Waals surface area (Å²) in [4.78, 5) is 9.73. The fourth-order valence-corrected chi connectivity index (χ4v) is 1.23. The first-order valence-corrected chi connectivity index (χ1v) is 4.58. The number of hydrogen-bond acceptors (Lipinski definition) is 2. The highest BCUT2D eigenvalue weighted by Crippen LogP contribution is 2.17. The van der Waals surface area contributed by atoms with Gasteiger partial charge in [-0.15, -0.1) is 0 Å². The molecule has 74 valence electrons. The Balaban J connectivity index is 3.09. The lowest BCUT2D eigenvalue weighted by atomic mass is 10.2. The lowest BCUT2D eigenvalue weighted by molar-refractivity contribution is -0.422. The smallest absolute Gasteiger partial charge is 0.243 e. The highest BCUT2D eigenvalue weighted by atomic mass is 79.9. The molecule has 0 aromatic heterocycles. The summed E-state index contributed by atoms with van der Waals surface area (Å²) in [6.07, 6.45) is 1.20. The molecule has 0 atom stereocenters. The third kappa shape index (κ3) is 2.63. The summed E-state index contributed by atoms with van der Waals surface area (Å²) in [6, 6.07) is 4.37. The van der Waals surface area contributed by atoms with E-state index in [2.05, 4.69) is 15.9 Å². The van der Waals surface area contributed by atoms with E-state index in [4.69, 9.17) is 0 Å². The van der Waals surface area contributed by atoms with Gasteiger partial charge in [-0.3, -0.25) is 10.1 Å². The Labute approximate surface area is 88.5 Å². The first-order chi connectivity index (χ1) is 6.50. The quantitative estimate of drug-likeness (QED) is 0.605. The molecule has 14 heavy (non-hydrogen) atoms. The Kier molecular flexibility index (Phi) is 3.35. The molecular weight excluding hydrogens is 253 g/mol. The SMILES string of the molecule is CC(=Cc1ccc(Br)cc1F)[N+](=O)[O-]. The molecular formula is C9H7BrFNO2. The van der Waals surface area contributed by atoms with E-state index < -0.39 is 10.7 Å². The Bertz CT molecular complexity index is 404. The monoisotopic (exact) mass is 259 g/mol. The second-order valence-electron chi connectivity index (χ2n) is 2.71. The minimum Gasteiger partial charge on any atom is -0.259 e. The first-order valence-electron chi connectivity index (χ1n) is 3.78. The molecule has 0 saturated carbocycles. The minimum absolute atomic E-state index is 0.0915. The molecule has 0 saturated heterocycles. The molecule has 3 nitrogen and oxygen atoms in total. The second-order valence-corrected chi connectivity index (χ2v) is 3.62. The number of nitrogens with zero attached hydrogens (tertiary/aromatic N) is 1. The molecule has 0 N–H and O–H groups in total. The van der Waals surface area contributed by atoms with Gasteiger partial charge in [0.25, 0.3) is 0 Å². The van der Waals surface area contributed by atoms with Gasteiger partial charge >= 0.3 is 0 Å². The fraction of sp³-hybridized carbons (Fsp3) is 0.111. The zero-order chi connectivity index (χ0) is 10.7.